The Bertz CT molecular complexity index is 683. The van der Waals surface area contributed by atoms with Crippen molar-refractivity contribution in [3.63, 3.8) is 0 Å². The molecule has 4 heteroatoms. The van der Waals surface area contributed by atoms with Crippen molar-refractivity contribution < 1.29 is 9.53 Å². The Balaban J connectivity index is 1.90. The molecule has 2 rings (SSSR count). The van der Waals surface area contributed by atoms with Gasteiger partial charge in [0.15, 0.2) is 0 Å². The minimum absolute atomic E-state index is 0.0818. The molecule has 0 radical (unpaired) electrons. The van der Waals surface area contributed by atoms with Crippen molar-refractivity contribution in [1.29, 1.82) is 0 Å². The van der Waals surface area contributed by atoms with Crippen LogP contribution in [0.25, 0.3) is 0 Å². The molecule has 0 fully saturated rings. The zero-order chi connectivity index (χ0) is 17.4. The predicted octanol–water partition coefficient (Wildman–Crippen LogP) is 4.53. The van der Waals surface area contributed by atoms with Crippen molar-refractivity contribution >= 4 is 17.3 Å². The van der Waals surface area contributed by atoms with Gasteiger partial charge in [-0.05, 0) is 55.7 Å². The number of ether oxygens (including phenoxy) is 1. The second kappa shape index (κ2) is 8.96. The number of benzene rings is 2. The smallest absolute Gasteiger partial charge is 0.243 e. The highest BCUT2D eigenvalue weighted by Crippen LogP contribution is 2.23. The molecule has 0 atom stereocenters. The third kappa shape index (κ3) is 5.30. The van der Waals surface area contributed by atoms with Gasteiger partial charge in [0.05, 0.1) is 18.8 Å². The summed E-state index contributed by atoms with van der Waals surface area (Å²) < 4.78 is 5.76. The van der Waals surface area contributed by atoms with Crippen molar-refractivity contribution in [2.75, 3.05) is 23.8 Å². The predicted molar refractivity (Wildman–Crippen MR) is 99.9 cm³/mol. The van der Waals surface area contributed by atoms with Crippen molar-refractivity contribution in [2.24, 2.45) is 0 Å². The zero-order valence-electron chi connectivity index (χ0n) is 14.7. The Morgan fingerprint density at radius 3 is 2.62 bits per heavy atom. The van der Waals surface area contributed by atoms with Gasteiger partial charge in [-0.3, -0.25) is 4.79 Å². The summed E-state index contributed by atoms with van der Waals surface area (Å²) in [5.74, 6) is 0.701. The molecule has 0 spiro atoms. The Labute approximate surface area is 144 Å². The Hall–Kier alpha value is -2.49. The molecule has 0 heterocycles. The molecular weight excluding hydrogens is 300 g/mol. The molecule has 0 aliphatic carbocycles. The van der Waals surface area contributed by atoms with Gasteiger partial charge in [-0.25, -0.2) is 0 Å². The molecule has 2 aromatic rings. The van der Waals surface area contributed by atoms with Gasteiger partial charge >= 0.3 is 0 Å². The number of aryl methyl sites for hydroxylation is 2. The van der Waals surface area contributed by atoms with E-state index in [1.54, 1.807) is 0 Å². The number of carbonyl (C=O) groups is 1. The molecule has 0 saturated carbocycles. The lowest BCUT2D eigenvalue weighted by Crippen LogP contribution is -2.22. The molecule has 0 bridgehead atoms. The highest BCUT2D eigenvalue weighted by atomic mass is 16.5. The Morgan fingerprint density at radius 1 is 1.08 bits per heavy atom. The van der Waals surface area contributed by atoms with E-state index in [4.69, 9.17) is 4.74 Å². The van der Waals surface area contributed by atoms with Gasteiger partial charge in [0.1, 0.15) is 5.75 Å². The van der Waals surface area contributed by atoms with Crippen LogP contribution in [0.2, 0.25) is 0 Å². The molecule has 2 N–H and O–H groups in total. The maximum absolute atomic E-state index is 12.1. The summed E-state index contributed by atoms with van der Waals surface area (Å²) in [5, 5.41) is 6.06. The number of para-hydroxylation sites is 2. The Morgan fingerprint density at radius 2 is 1.88 bits per heavy atom. The van der Waals surface area contributed by atoms with E-state index in [0.29, 0.717) is 6.61 Å². The van der Waals surface area contributed by atoms with Crippen LogP contribution in [0.15, 0.2) is 42.5 Å². The van der Waals surface area contributed by atoms with Gasteiger partial charge in [0.25, 0.3) is 0 Å². The van der Waals surface area contributed by atoms with E-state index in [1.165, 1.54) is 5.56 Å². The summed E-state index contributed by atoms with van der Waals surface area (Å²) in [6.45, 7) is 7.10. The summed E-state index contributed by atoms with van der Waals surface area (Å²) in [4.78, 5) is 12.1. The van der Waals surface area contributed by atoms with E-state index in [2.05, 4.69) is 24.5 Å². The van der Waals surface area contributed by atoms with E-state index in [-0.39, 0.29) is 12.5 Å². The van der Waals surface area contributed by atoms with Crippen LogP contribution in [-0.4, -0.2) is 19.1 Å². The van der Waals surface area contributed by atoms with Crippen LogP contribution in [0.4, 0.5) is 11.4 Å². The molecule has 0 aliphatic rings. The first-order chi connectivity index (χ1) is 11.6. The minimum Gasteiger partial charge on any atom is -0.491 e. The van der Waals surface area contributed by atoms with Crippen molar-refractivity contribution in [2.45, 2.75) is 33.6 Å². The third-order valence-electron chi connectivity index (χ3n) is 3.87. The monoisotopic (exact) mass is 326 g/mol. The van der Waals surface area contributed by atoms with E-state index >= 15 is 0 Å². The Kier molecular flexibility index (Phi) is 6.67. The quantitative estimate of drug-likeness (QED) is 0.701. The van der Waals surface area contributed by atoms with E-state index < -0.39 is 0 Å². The van der Waals surface area contributed by atoms with Gasteiger partial charge < -0.3 is 15.4 Å². The lowest BCUT2D eigenvalue weighted by molar-refractivity contribution is -0.114. The first-order valence-electron chi connectivity index (χ1n) is 8.43. The lowest BCUT2D eigenvalue weighted by Gasteiger charge is -2.13. The number of hydrogen-bond acceptors (Lipinski definition) is 3. The van der Waals surface area contributed by atoms with E-state index in [0.717, 1.165) is 35.5 Å². The van der Waals surface area contributed by atoms with Crippen LogP contribution in [-0.2, 0) is 4.79 Å². The third-order valence-corrected chi connectivity index (χ3v) is 3.87. The number of nitrogens with one attached hydrogen (secondary N) is 2. The lowest BCUT2D eigenvalue weighted by atomic mass is 10.1. The normalized spacial score (nSPS) is 10.3. The molecule has 0 saturated heterocycles. The fraction of sp³-hybridized carbons (Fsp3) is 0.350. The molecule has 2 aromatic carbocycles. The van der Waals surface area contributed by atoms with E-state index in [1.807, 2.05) is 49.4 Å². The second-order valence-electron chi connectivity index (χ2n) is 5.90. The molecular formula is C20H26N2O2. The van der Waals surface area contributed by atoms with Crippen LogP contribution in [0, 0.1) is 13.8 Å². The second-order valence-corrected chi connectivity index (χ2v) is 5.90. The van der Waals surface area contributed by atoms with Crippen LogP contribution in [0.1, 0.15) is 30.9 Å². The average molecular weight is 326 g/mol. The number of carbonyl (C=O) groups excluding carboxylic acids is 1. The molecule has 1 amide bonds. The number of anilines is 2. The highest BCUT2D eigenvalue weighted by Gasteiger charge is 2.06. The van der Waals surface area contributed by atoms with Crippen molar-refractivity contribution in [1.82, 2.24) is 0 Å². The average Bonchev–Trinajstić information content (AvgIpc) is 2.57. The van der Waals surface area contributed by atoms with Gasteiger partial charge in [-0.1, -0.05) is 31.5 Å². The summed E-state index contributed by atoms with van der Waals surface area (Å²) in [7, 11) is 0. The summed E-state index contributed by atoms with van der Waals surface area (Å²) in [5.41, 5.74) is 4.03. The fourth-order valence-corrected chi connectivity index (χ4v) is 2.26. The van der Waals surface area contributed by atoms with Crippen molar-refractivity contribution in [3.8, 4) is 5.75 Å². The topological polar surface area (TPSA) is 50.4 Å². The molecule has 24 heavy (non-hydrogen) atoms. The first kappa shape index (κ1) is 17.9. The summed E-state index contributed by atoms with van der Waals surface area (Å²) in [6, 6.07) is 13.6. The standard InChI is InChI=1S/C20H26N2O2/c1-4-5-12-24-19-9-7-6-8-18(19)21-14-20(23)22-17-11-10-15(2)16(3)13-17/h6-11,13,21H,4-5,12,14H2,1-3H3,(H,22,23). The summed E-state index contributed by atoms with van der Waals surface area (Å²) >= 11 is 0. The van der Waals surface area contributed by atoms with Crippen LogP contribution < -0.4 is 15.4 Å². The van der Waals surface area contributed by atoms with Crippen LogP contribution in [0.3, 0.4) is 0 Å². The number of rotatable bonds is 8. The van der Waals surface area contributed by atoms with Crippen LogP contribution >= 0.6 is 0 Å². The zero-order valence-corrected chi connectivity index (χ0v) is 14.7. The van der Waals surface area contributed by atoms with Crippen LogP contribution in [0.5, 0.6) is 5.75 Å². The molecule has 0 unspecified atom stereocenters. The maximum Gasteiger partial charge on any atom is 0.243 e. The fourth-order valence-electron chi connectivity index (χ4n) is 2.26. The van der Waals surface area contributed by atoms with Gasteiger partial charge in [0.2, 0.25) is 5.91 Å². The molecule has 0 aromatic heterocycles. The van der Waals surface area contributed by atoms with Gasteiger partial charge in [0, 0.05) is 5.69 Å². The molecule has 128 valence electrons. The molecule has 0 aliphatic heterocycles. The molecule has 4 nitrogen and oxygen atoms in total. The number of unbranched alkanes of at least 4 members (excludes halogenated alkanes) is 1. The minimum atomic E-state index is -0.0818. The van der Waals surface area contributed by atoms with Crippen molar-refractivity contribution in [3.05, 3.63) is 53.6 Å². The SMILES string of the molecule is CCCCOc1ccccc1NCC(=O)Nc1ccc(C)c(C)c1. The maximum atomic E-state index is 12.1. The highest BCUT2D eigenvalue weighted by molar-refractivity contribution is 5.94. The number of hydrogen-bond donors (Lipinski definition) is 2. The van der Waals surface area contributed by atoms with Gasteiger partial charge in [-0.2, -0.15) is 0 Å². The number of amides is 1. The van der Waals surface area contributed by atoms with E-state index in [9.17, 15) is 4.79 Å². The van der Waals surface area contributed by atoms with Gasteiger partial charge in [-0.15, -0.1) is 0 Å². The largest absolute Gasteiger partial charge is 0.491 e. The summed E-state index contributed by atoms with van der Waals surface area (Å²) in [6.07, 6.45) is 2.11. The first-order valence-corrected chi connectivity index (χ1v) is 8.43.